The van der Waals surface area contributed by atoms with Crippen molar-refractivity contribution >= 4 is 23.6 Å². The molecule has 1 aromatic rings. The van der Waals surface area contributed by atoms with Crippen LogP contribution in [0.2, 0.25) is 5.15 Å². The largest absolute Gasteiger partial charge is 0.334 e. The molecule has 0 bridgehead atoms. The molecular formula is C14H22ClN3O. The zero-order valence-electron chi connectivity index (χ0n) is 12.4. The summed E-state index contributed by atoms with van der Waals surface area (Å²) in [5.41, 5.74) is 1.61. The van der Waals surface area contributed by atoms with Crippen LogP contribution in [0.1, 0.15) is 39.0 Å². The molecule has 1 heterocycles. The third kappa shape index (κ3) is 3.60. The van der Waals surface area contributed by atoms with Gasteiger partial charge in [0.2, 0.25) is 5.91 Å². The summed E-state index contributed by atoms with van der Waals surface area (Å²) in [6.45, 7) is 9.91. The van der Waals surface area contributed by atoms with Gasteiger partial charge in [-0.3, -0.25) is 9.48 Å². The highest BCUT2D eigenvalue weighted by molar-refractivity contribution is 6.31. The van der Waals surface area contributed by atoms with Gasteiger partial charge in [0.25, 0.3) is 0 Å². The van der Waals surface area contributed by atoms with Crippen LogP contribution in [-0.2, 0) is 11.8 Å². The highest BCUT2D eigenvalue weighted by Crippen LogP contribution is 2.20. The number of hydrogen-bond acceptors (Lipinski definition) is 2. The molecule has 5 heteroatoms. The Morgan fingerprint density at radius 2 is 1.84 bits per heavy atom. The molecule has 1 amide bonds. The minimum atomic E-state index is -0.00989. The number of carbonyl (C=O) groups is 1. The molecule has 0 spiro atoms. The van der Waals surface area contributed by atoms with Gasteiger partial charge in [-0.25, -0.2) is 0 Å². The van der Waals surface area contributed by atoms with Crippen LogP contribution in [0.3, 0.4) is 0 Å². The van der Waals surface area contributed by atoms with Crippen LogP contribution in [0, 0.1) is 6.92 Å². The summed E-state index contributed by atoms with van der Waals surface area (Å²) in [6.07, 6.45) is 3.31. The normalized spacial score (nSPS) is 11.8. The Balaban J connectivity index is 2.95. The number of aryl methyl sites for hydroxylation is 2. The fourth-order valence-electron chi connectivity index (χ4n) is 2.18. The maximum absolute atomic E-state index is 12.2. The Morgan fingerprint density at radius 3 is 2.21 bits per heavy atom. The Labute approximate surface area is 120 Å². The van der Waals surface area contributed by atoms with Crippen molar-refractivity contribution in [1.82, 2.24) is 14.7 Å². The monoisotopic (exact) mass is 283 g/mol. The minimum Gasteiger partial charge on any atom is -0.334 e. The SMILES string of the molecule is Cc1nn(C)c(Cl)c1/C=C/C(=O)N(C(C)C)C(C)C. The summed E-state index contributed by atoms with van der Waals surface area (Å²) in [6, 6.07) is 0.338. The van der Waals surface area contributed by atoms with Crippen molar-refractivity contribution in [3.63, 3.8) is 0 Å². The third-order valence-corrected chi connectivity index (χ3v) is 3.40. The van der Waals surface area contributed by atoms with Crippen molar-refractivity contribution in [3.8, 4) is 0 Å². The summed E-state index contributed by atoms with van der Waals surface area (Å²) in [4.78, 5) is 14.0. The van der Waals surface area contributed by atoms with Crippen molar-refractivity contribution in [1.29, 1.82) is 0 Å². The molecule has 0 aliphatic heterocycles. The fraction of sp³-hybridized carbons (Fsp3) is 0.571. The van der Waals surface area contributed by atoms with E-state index >= 15 is 0 Å². The average molecular weight is 284 g/mol. The van der Waals surface area contributed by atoms with Crippen LogP contribution >= 0.6 is 11.6 Å². The fourth-order valence-corrected chi connectivity index (χ4v) is 2.42. The number of amides is 1. The van der Waals surface area contributed by atoms with E-state index in [2.05, 4.69) is 5.10 Å². The van der Waals surface area contributed by atoms with Crippen LogP contribution in [0.4, 0.5) is 0 Å². The maximum Gasteiger partial charge on any atom is 0.247 e. The third-order valence-electron chi connectivity index (χ3n) is 2.96. The summed E-state index contributed by atoms with van der Waals surface area (Å²) < 4.78 is 1.60. The van der Waals surface area contributed by atoms with E-state index in [4.69, 9.17) is 11.6 Å². The lowest BCUT2D eigenvalue weighted by Gasteiger charge is -2.29. The summed E-state index contributed by atoms with van der Waals surface area (Å²) in [7, 11) is 1.78. The average Bonchev–Trinajstić information content (AvgIpc) is 2.50. The van der Waals surface area contributed by atoms with Gasteiger partial charge in [0.15, 0.2) is 0 Å². The van der Waals surface area contributed by atoms with Crippen molar-refractivity contribution in [2.45, 2.75) is 46.7 Å². The molecule has 1 aromatic heterocycles. The van der Waals surface area contributed by atoms with Crippen LogP contribution in [0.15, 0.2) is 6.08 Å². The quantitative estimate of drug-likeness (QED) is 0.797. The standard InChI is InChI=1S/C14H22ClN3O/c1-9(2)18(10(3)4)13(19)8-7-12-11(5)16-17(6)14(12)15/h7-10H,1-6H3/b8-7+. The van der Waals surface area contributed by atoms with Crippen LogP contribution in [0.25, 0.3) is 6.08 Å². The topological polar surface area (TPSA) is 38.1 Å². The van der Waals surface area contributed by atoms with E-state index in [-0.39, 0.29) is 18.0 Å². The Kier molecular flexibility index (Phi) is 5.18. The zero-order chi connectivity index (χ0) is 14.7. The molecule has 0 aromatic carbocycles. The molecule has 0 atom stereocenters. The molecule has 0 radical (unpaired) electrons. The van der Waals surface area contributed by atoms with Crippen molar-refractivity contribution in [2.24, 2.45) is 7.05 Å². The molecule has 106 valence electrons. The van der Waals surface area contributed by atoms with Crippen molar-refractivity contribution in [3.05, 3.63) is 22.5 Å². The molecule has 1 rings (SSSR count). The molecule has 0 fully saturated rings. The lowest BCUT2D eigenvalue weighted by molar-refractivity contribution is -0.129. The lowest BCUT2D eigenvalue weighted by Crippen LogP contribution is -2.41. The number of halogens is 1. The summed E-state index contributed by atoms with van der Waals surface area (Å²) >= 11 is 6.13. The van der Waals surface area contributed by atoms with Gasteiger partial charge >= 0.3 is 0 Å². The second-order valence-electron chi connectivity index (χ2n) is 5.18. The molecule has 0 N–H and O–H groups in total. The molecular weight excluding hydrogens is 262 g/mol. The van der Waals surface area contributed by atoms with Gasteiger partial charge in [0.05, 0.1) is 5.69 Å². The molecule has 4 nitrogen and oxygen atoms in total. The van der Waals surface area contributed by atoms with Gasteiger partial charge in [-0.15, -0.1) is 0 Å². The van der Waals surface area contributed by atoms with E-state index in [1.165, 1.54) is 0 Å². The van der Waals surface area contributed by atoms with E-state index in [0.29, 0.717) is 5.15 Å². The van der Waals surface area contributed by atoms with Crippen molar-refractivity contribution in [2.75, 3.05) is 0 Å². The van der Waals surface area contributed by atoms with E-state index in [0.717, 1.165) is 11.3 Å². The first-order valence-electron chi connectivity index (χ1n) is 6.45. The van der Waals surface area contributed by atoms with Gasteiger partial charge < -0.3 is 4.90 Å². The second-order valence-corrected chi connectivity index (χ2v) is 5.54. The number of nitrogens with zero attached hydrogens (tertiary/aromatic N) is 3. The first-order valence-corrected chi connectivity index (χ1v) is 6.83. The molecule has 19 heavy (non-hydrogen) atoms. The number of hydrogen-bond donors (Lipinski definition) is 0. The van der Waals surface area contributed by atoms with Gasteiger partial charge in [-0.1, -0.05) is 11.6 Å². The molecule has 0 saturated heterocycles. The van der Waals surface area contributed by atoms with Gasteiger partial charge in [0.1, 0.15) is 5.15 Å². The highest BCUT2D eigenvalue weighted by Gasteiger charge is 2.18. The van der Waals surface area contributed by atoms with Crippen molar-refractivity contribution < 1.29 is 4.79 Å². The van der Waals surface area contributed by atoms with Crippen LogP contribution in [0.5, 0.6) is 0 Å². The highest BCUT2D eigenvalue weighted by atomic mass is 35.5. The van der Waals surface area contributed by atoms with E-state index in [1.807, 2.05) is 39.5 Å². The smallest absolute Gasteiger partial charge is 0.247 e. The van der Waals surface area contributed by atoms with E-state index in [9.17, 15) is 4.79 Å². The Bertz CT molecular complexity index is 481. The molecule has 0 aliphatic rings. The van der Waals surface area contributed by atoms with Gasteiger partial charge in [-0.05, 0) is 40.7 Å². The zero-order valence-corrected chi connectivity index (χ0v) is 13.2. The minimum absolute atomic E-state index is 0.00989. The van der Waals surface area contributed by atoms with E-state index < -0.39 is 0 Å². The predicted octanol–water partition coefficient (Wildman–Crippen LogP) is 3.04. The summed E-state index contributed by atoms with van der Waals surface area (Å²) in [5.74, 6) is -0.00989. The number of aromatic nitrogens is 2. The van der Waals surface area contributed by atoms with Gasteiger partial charge in [0, 0.05) is 30.8 Å². The van der Waals surface area contributed by atoms with Crippen LogP contribution < -0.4 is 0 Å². The number of carbonyl (C=O) groups excluding carboxylic acids is 1. The predicted molar refractivity (Wildman–Crippen MR) is 79.1 cm³/mol. The molecule has 0 aliphatic carbocycles. The lowest BCUT2D eigenvalue weighted by atomic mass is 10.2. The van der Waals surface area contributed by atoms with Gasteiger partial charge in [-0.2, -0.15) is 5.10 Å². The maximum atomic E-state index is 12.2. The number of rotatable bonds is 4. The second kappa shape index (κ2) is 6.24. The molecule has 0 saturated carbocycles. The molecule has 0 unspecified atom stereocenters. The Hall–Kier alpha value is -1.29. The summed E-state index contributed by atoms with van der Waals surface area (Å²) in [5, 5.41) is 4.76. The van der Waals surface area contributed by atoms with E-state index in [1.54, 1.807) is 23.9 Å². The Morgan fingerprint density at radius 1 is 1.32 bits per heavy atom. The first kappa shape index (κ1) is 15.8. The first-order chi connectivity index (χ1) is 8.75. The van der Waals surface area contributed by atoms with Crippen LogP contribution in [-0.4, -0.2) is 32.7 Å².